The van der Waals surface area contributed by atoms with Crippen molar-refractivity contribution in [3.63, 3.8) is 0 Å². The summed E-state index contributed by atoms with van der Waals surface area (Å²) in [4.78, 5) is 0. The zero-order chi connectivity index (χ0) is 9.68. The number of hydrogen-bond donors (Lipinski definition) is 0. The van der Waals surface area contributed by atoms with Crippen LogP contribution in [0, 0.1) is 11.3 Å². The van der Waals surface area contributed by atoms with Crippen LogP contribution in [0.4, 0.5) is 0 Å². The minimum atomic E-state index is 0.690. The van der Waals surface area contributed by atoms with E-state index in [1.807, 2.05) is 37.3 Å². The van der Waals surface area contributed by atoms with Gasteiger partial charge in [-0.25, -0.2) is 0 Å². The van der Waals surface area contributed by atoms with Crippen molar-refractivity contribution < 1.29 is 0 Å². The Balaban J connectivity index is 3.37. The summed E-state index contributed by atoms with van der Waals surface area (Å²) in [6, 6.07) is 7.91. The Morgan fingerprint density at radius 1 is 1.38 bits per heavy atom. The zero-order valence-corrected chi connectivity index (χ0v) is 7.62. The predicted octanol–water partition coefficient (Wildman–Crippen LogP) is 3.23. The van der Waals surface area contributed by atoms with E-state index in [0.29, 0.717) is 5.56 Å². The van der Waals surface area contributed by atoms with Crippen molar-refractivity contribution in [2.24, 2.45) is 0 Å². The highest BCUT2D eigenvalue weighted by atomic mass is 14.2. The van der Waals surface area contributed by atoms with Gasteiger partial charge in [0.25, 0.3) is 0 Å². The lowest BCUT2D eigenvalue weighted by Crippen LogP contribution is -1.86. The van der Waals surface area contributed by atoms with Crippen molar-refractivity contribution in [1.82, 2.24) is 0 Å². The number of allylic oxidation sites excluding steroid dienone is 1. The number of nitrogens with zero attached hydrogens (tertiary/aromatic N) is 1. The molecule has 1 heteroatoms. The molecular formula is C12H11N. The Morgan fingerprint density at radius 2 is 2.08 bits per heavy atom. The average molecular weight is 169 g/mol. The van der Waals surface area contributed by atoms with Crippen molar-refractivity contribution in [2.45, 2.75) is 6.92 Å². The van der Waals surface area contributed by atoms with Gasteiger partial charge in [0.2, 0.25) is 0 Å². The minimum absolute atomic E-state index is 0.690. The second-order valence-electron chi connectivity index (χ2n) is 2.63. The van der Waals surface area contributed by atoms with Gasteiger partial charge in [0.1, 0.15) is 6.07 Å². The molecule has 1 nitrogen and oxygen atoms in total. The Bertz CT molecular complexity index is 381. The van der Waals surface area contributed by atoms with E-state index in [-0.39, 0.29) is 0 Å². The molecule has 0 heterocycles. The van der Waals surface area contributed by atoms with Crippen molar-refractivity contribution >= 4 is 12.2 Å². The highest BCUT2D eigenvalue weighted by Crippen LogP contribution is 2.16. The molecule has 0 aliphatic rings. The minimum Gasteiger partial charge on any atom is -0.192 e. The fourth-order valence-electron chi connectivity index (χ4n) is 1.21. The quantitative estimate of drug-likeness (QED) is 0.666. The fraction of sp³-hybridized carbons (Fsp3) is 0.0833. The van der Waals surface area contributed by atoms with Crippen LogP contribution in [0.15, 0.2) is 30.9 Å². The fourth-order valence-corrected chi connectivity index (χ4v) is 1.21. The first kappa shape index (κ1) is 9.28. The van der Waals surface area contributed by atoms with Gasteiger partial charge in [-0.05, 0) is 18.1 Å². The molecule has 0 N–H and O–H groups in total. The van der Waals surface area contributed by atoms with Crippen LogP contribution in [-0.2, 0) is 0 Å². The molecule has 0 atom stereocenters. The molecule has 0 fully saturated rings. The summed E-state index contributed by atoms with van der Waals surface area (Å²) in [5, 5.41) is 8.93. The van der Waals surface area contributed by atoms with Crippen molar-refractivity contribution in [1.29, 1.82) is 5.26 Å². The molecule has 0 aliphatic heterocycles. The Morgan fingerprint density at radius 3 is 2.62 bits per heavy atom. The van der Waals surface area contributed by atoms with E-state index < -0.39 is 0 Å². The number of benzene rings is 1. The third-order valence-electron chi connectivity index (χ3n) is 1.81. The Kier molecular flexibility index (Phi) is 3.05. The lowest BCUT2D eigenvalue weighted by molar-refractivity contribution is 1.46. The molecule has 0 saturated carbocycles. The Hall–Kier alpha value is -1.81. The summed E-state index contributed by atoms with van der Waals surface area (Å²) in [5.41, 5.74) is 2.52. The Labute approximate surface area is 78.6 Å². The largest absolute Gasteiger partial charge is 0.192 e. The molecule has 13 heavy (non-hydrogen) atoms. The summed E-state index contributed by atoms with van der Waals surface area (Å²) in [6.45, 7) is 5.60. The molecule has 64 valence electrons. The monoisotopic (exact) mass is 169 g/mol. The maximum atomic E-state index is 8.93. The van der Waals surface area contributed by atoms with Gasteiger partial charge in [0.05, 0.1) is 5.56 Å². The second kappa shape index (κ2) is 4.27. The summed E-state index contributed by atoms with van der Waals surface area (Å²) >= 11 is 0. The normalized spacial score (nSPS) is 9.85. The molecule has 1 rings (SSSR count). The maximum absolute atomic E-state index is 8.93. The predicted molar refractivity (Wildman–Crippen MR) is 56.0 cm³/mol. The molecule has 0 radical (unpaired) electrons. The molecular weight excluding hydrogens is 158 g/mol. The van der Waals surface area contributed by atoms with Crippen molar-refractivity contribution in [2.75, 3.05) is 0 Å². The van der Waals surface area contributed by atoms with Crippen molar-refractivity contribution in [3.8, 4) is 6.07 Å². The standard InChI is InChI=1S/C12H11N/c1-3-6-11-8-5-7-10(4-2)12(11)9-13/h3-8H,2H2,1H3/b6-3+. The summed E-state index contributed by atoms with van der Waals surface area (Å²) in [5.74, 6) is 0. The highest BCUT2D eigenvalue weighted by molar-refractivity contribution is 5.67. The van der Waals surface area contributed by atoms with E-state index in [2.05, 4.69) is 12.6 Å². The smallest absolute Gasteiger partial charge is 0.100 e. The maximum Gasteiger partial charge on any atom is 0.100 e. The van der Waals surface area contributed by atoms with E-state index in [0.717, 1.165) is 11.1 Å². The lowest BCUT2D eigenvalue weighted by atomic mass is 10.0. The molecule has 0 spiro atoms. The van der Waals surface area contributed by atoms with Gasteiger partial charge in [0.15, 0.2) is 0 Å². The molecule has 0 amide bonds. The van der Waals surface area contributed by atoms with Crippen LogP contribution in [0.2, 0.25) is 0 Å². The first-order valence-electron chi connectivity index (χ1n) is 4.11. The van der Waals surface area contributed by atoms with Gasteiger partial charge in [-0.2, -0.15) is 5.26 Å². The molecule has 0 bridgehead atoms. The van der Waals surface area contributed by atoms with Crippen LogP contribution in [0.25, 0.3) is 12.2 Å². The molecule has 1 aromatic carbocycles. The number of hydrogen-bond acceptors (Lipinski definition) is 1. The van der Waals surface area contributed by atoms with Crippen LogP contribution in [0.5, 0.6) is 0 Å². The molecule has 0 aliphatic carbocycles. The van der Waals surface area contributed by atoms with Gasteiger partial charge >= 0.3 is 0 Å². The van der Waals surface area contributed by atoms with E-state index in [1.54, 1.807) is 6.08 Å². The third kappa shape index (κ3) is 1.86. The van der Waals surface area contributed by atoms with Gasteiger partial charge in [0, 0.05) is 0 Å². The van der Waals surface area contributed by atoms with E-state index in [4.69, 9.17) is 5.26 Å². The molecule has 0 unspecified atom stereocenters. The lowest BCUT2D eigenvalue weighted by Gasteiger charge is -2.00. The zero-order valence-electron chi connectivity index (χ0n) is 7.62. The van der Waals surface area contributed by atoms with E-state index in [9.17, 15) is 0 Å². The average Bonchev–Trinajstić information content (AvgIpc) is 2.18. The van der Waals surface area contributed by atoms with Crippen LogP contribution in [-0.4, -0.2) is 0 Å². The van der Waals surface area contributed by atoms with Crippen LogP contribution in [0.1, 0.15) is 23.6 Å². The van der Waals surface area contributed by atoms with Crippen molar-refractivity contribution in [3.05, 3.63) is 47.5 Å². The summed E-state index contributed by atoms with van der Waals surface area (Å²) < 4.78 is 0. The summed E-state index contributed by atoms with van der Waals surface area (Å²) in [7, 11) is 0. The number of rotatable bonds is 2. The van der Waals surface area contributed by atoms with Gasteiger partial charge in [-0.15, -0.1) is 0 Å². The molecule has 0 saturated heterocycles. The summed E-state index contributed by atoms with van der Waals surface area (Å²) in [6.07, 6.45) is 5.54. The van der Waals surface area contributed by atoms with Gasteiger partial charge in [-0.3, -0.25) is 0 Å². The van der Waals surface area contributed by atoms with Gasteiger partial charge < -0.3 is 0 Å². The van der Waals surface area contributed by atoms with E-state index >= 15 is 0 Å². The van der Waals surface area contributed by atoms with Crippen LogP contribution >= 0.6 is 0 Å². The topological polar surface area (TPSA) is 23.8 Å². The second-order valence-corrected chi connectivity index (χ2v) is 2.63. The van der Waals surface area contributed by atoms with Crippen LogP contribution < -0.4 is 0 Å². The SMILES string of the molecule is C=Cc1cccc(/C=C/C)c1C#N. The highest BCUT2D eigenvalue weighted by Gasteiger charge is 2.01. The molecule has 1 aromatic rings. The van der Waals surface area contributed by atoms with E-state index in [1.165, 1.54) is 0 Å². The third-order valence-corrected chi connectivity index (χ3v) is 1.81. The molecule has 0 aromatic heterocycles. The number of nitriles is 1. The van der Waals surface area contributed by atoms with Crippen LogP contribution in [0.3, 0.4) is 0 Å². The first-order chi connectivity index (χ1) is 6.33. The van der Waals surface area contributed by atoms with Gasteiger partial charge in [-0.1, -0.05) is 43.0 Å². The first-order valence-corrected chi connectivity index (χ1v) is 4.11.